The smallest absolute Gasteiger partial charge is 0.360 e. The number of esters is 1. The number of ether oxygens (including phenoxy) is 2. The van der Waals surface area contributed by atoms with Crippen molar-refractivity contribution in [2.45, 2.75) is 63.1 Å². The van der Waals surface area contributed by atoms with E-state index in [0.29, 0.717) is 19.5 Å². The minimum absolute atomic E-state index is 0.0554. The van der Waals surface area contributed by atoms with Crippen molar-refractivity contribution < 1.29 is 19.1 Å². The predicted octanol–water partition coefficient (Wildman–Crippen LogP) is 3.24. The van der Waals surface area contributed by atoms with Crippen molar-refractivity contribution in [1.82, 2.24) is 25.2 Å². The normalized spacial score (nSPS) is 21.7. The van der Waals surface area contributed by atoms with Crippen molar-refractivity contribution in [1.29, 1.82) is 0 Å². The van der Waals surface area contributed by atoms with E-state index in [1.807, 2.05) is 24.3 Å². The third kappa shape index (κ3) is 6.48. The molecule has 1 aromatic heterocycles. The molecule has 9 heteroatoms. The molecule has 1 aromatic carbocycles. The van der Waals surface area contributed by atoms with Crippen LogP contribution in [0.4, 0.5) is 0 Å². The SMILES string of the molecule is COC(=O)c1cn([C@H]2C[C@@H](C(=O)NC3CCCCCC3)N(C/C=C/c3ccc(OC)cc3)C2)nn1. The van der Waals surface area contributed by atoms with Crippen molar-refractivity contribution in [2.75, 3.05) is 27.3 Å². The van der Waals surface area contributed by atoms with Crippen LogP contribution in [0.25, 0.3) is 6.08 Å². The van der Waals surface area contributed by atoms with Crippen molar-refractivity contribution >= 4 is 18.0 Å². The molecule has 0 unspecified atom stereocenters. The van der Waals surface area contributed by atoms with Gasteiger partial charge in [0, 0.05) is 19.1 Å². The third-order valence-corrected chi connectivity index (χ3v) is 6.93. The molecule has 2 atom stereocenters. The monoisotopic (exact) mass is 481 g/mol. The van der Waals surface area contributed by atoms with Gasteiger partial charge in [0.25, 0.3) is 0 Å². The number of hydrogen-bond acceptors (Lipinski definition) is 7. The van der Waals surface area contributed by atoms with E-state index < -0.39 is 5.97 Å². The van der Waals surface area contributed by atoms with Crippen LogP contribution < -0.4 is 10.1 Å². The summed E-state index contributed by atoms with van der Waals surface area (Å²) in [4.78, 5) is 27.4. The van der Waals surface area contributed by atoms with Crippen LogP contribution in [0.3, 0.4) is 0 Å². The molecule has 1 aliphatic heterocycles. The first-order chi connectivity index (χ1) is 17.1. The molecule has 2 aromatic rings. The maximum atomic E-state index is 13.4. The average molecular weight is 482 g/mol. The van der Waals surface area contributed by atoms with Gasteiger partial charge in [-0.15, -0.1) is 5.10 Å². The lowest BCUT2D eigenvalue weighted by Gasteiger charge is -2.25. The molecule has 9 nitrogen and oxygen atoms in total. The van der Waals surface area contributed by atoms with Crippen LogP contribution in [0.5, 0.6) is 5.75 Å². The number of aromatic nitrogens is 3. The van der Waals surface area contributed by atoms with Gasteiger partial charge in [0.05, 0.1) is 32.5 Å². The van der Waals surface area contributed by atoms with E-state index in [4.69, 9.17) is 9.47 Å². The van der Waals surface area contributed by atoms with Crippen LogP contribution in [0, 0.1) is 0 Å². The molecule has 0 spiro atoms. The van der Waals surface area contributed by atoms with E-state index in [-0.39, 0.29) is 29.7 Å². The number of hydrogen-bond donors (Lipinski definition) is 1. The topological polar surface area (TPSA) is 98.6 Å². The summed E-state index contributed by atoms with van der Waals surface area (Å²) in [5.41, 5.74) is 1.24. The molecule has 4 rings (SSSR count). The number of amides is 1. The predicted molar refractivity (Wildman–Crippen MR) is 132 cm³/mol. The van der Waals surface area contributed by atoms with Crippen molar-refractivity contribution in [3.63, 3.8) is 0 Å². The minimum Gasteiger partial charge on any atom is -0.497 e. The second-order valence-electron chi connectivity index (χ2n) is 9.31. The van der Waals surface area contributed by atoms with Crippen LogP contribution in [0.15, 0.2) is 36.5 Å². The van der Waals surface area contributed by atoms with Crippen LogP contribution in [0.2, 0.25) is 0 Å². The summed E-state index contributed by atoms with van der Waals surface area (Å²) < 4.78 is 11.7. The van der Waals surface area contributed by atoms with E-state index >= 15 is 0 Å². The zero-order valence-electron chi connectivity index (χ0n) is 20.6. The van der Waals surface area contributed by atoms with Gasteiger partial charge in [-0.3, -0.25) is 9.69 Å². The standard InChI is InChI=1S/C26H35N5O4/c1-34-22-13-11-19(12-14-22)8-7-15-30-17-21(31-18-23(28-29-31)26(33)35-2)16-24(30)25(32)27-20-9-5-3-4-6-10-20/h7-8,11-14,18,20-21,24H,3-6,9-10,15-17H2,1-2H3,(H,27,32)/b8-7+/t21-,24-/m0/s1. The maximum Gasteiger partial charge on any atom is 0.360 e. The summed E-state index contributed by atoms with van der Waals surface area (Å²) in [7, 11) is 2.97. The Bertz CT molecular complexity index is 1010. The molecular formula is C26H35N5O4. The fourth-order valence-electron chi connectivity index (χ4n) is 4.96. The van der Waals surface area contributed by atoms with Gasteiger partial charge in [0.15, 0.2) is 5.69 Å². The van der Waals surface area contributed by atoms with Gasteiger partial charge in [-0.25, -0.2) is 9.48 Å². The Morgan fingerprint density at radius 1 is 1.11 bits per heavy atom. The Morgan fingerprint density at radius 2 is 1.86 bits per heavy atom. The molecule has 2 aliphatic rings. The zero-order valence-corrected chi connectivity index (χ0v) is 20.6. The first kappa shape index (κ1) is 24.9. The van der Waals surface area contributed by atoms with Crippen molar-refractivity contribution in [3.05, 3.63) is 47.8 Å². The van der Waals surface area contributed by atoms with Crippen LogP contribution in [0.1, 0.15) is 67.0 Å². The van der Waals surface area contributed by atoms with Gasteiger partial charge in [-0.1, -0.05) is 55.2 Å². The molecule has 188 valence electrons. The number of carbonyl (C=O) groups is 2. The van der Waals surface area contributed by atoms with Gasteiger partial charge in [-0.2, -0.15) is 0 Å². The number of benzene rings is 1. The van der Waals surface area contributed by atoms with E-state index in [0.717, 1.165) is 24.2 Å². The largest absolute Gasteiger partial charge is 0.497 e. The van der Waals surface area contributed by atoms with Gasteiger partial charge in [0.1, 0.15) is 5.75 Å². The average Bonchev–Trinajstić information content (AvgIpc) is 3.46. The highest BCUT2D eigenvalue weighted by molar-refractivity contribution is 5.86. The molecule has 2 fully saturated rings. The lowest BCUT2D eigenvalue weighted by Crippen LogP contribution is -2.46. The molecule has 0 bridgehead atoms. The lowest BCUT2D eigenvalue weighted by atomic mass is 10.1. The van der Waals surface area contributed by atoms with Gasteiger partial charge < -0.3 is 14.8 Å². The highest BCUT2D eigenvalue weighted by Gasteiger charge is 2.38. The summed E-state index contributed by atoms with van der Waals surface area (Å²) >= 11 is 0. The van der Waals surface area contributed by atoms with Crippen molar-refractivity contribution in [3.8, 4) is 5.75 Å². The first-order valence-corrected chi connectivity index (χ1v) is 12.4. The Morgan fingerprint density at radius 3 is 2.54 bits per heavy atom. The highest BCUT2D eigenvalue weighted by atomic mass is 16.5. The number of carbonyl (C=O) groups excluding carboxylic acids is 2. The van der Waals surface area contributed by atoms with Gasteiger partial charge >= 0.3 is 5.97 Å². The minimum atomic E-state index is -0.517. The van der Waals surface area contributed by atoms with Crippen LogP contribution in [-0.4, -0.2) is 71.2 Å². The summed E-state index contributed by atoms with van der Waals surface area (Å²) in [5, 5.41) is 11.4. The quantitative estimate of drug-likeness (QED) is 0.456. The summed E-state index contributed by atoms with van der Waals surface area (Å²) in [6, 6.07) is 7.79. The number of nitrogens with one attached hydrogen (secondary N) is 1. The molecule has 0 radical (unpaired) electrons. The molecule has 1 saturated carbocycles. The van der Waals surface area contributed by atoms with Crippen LogP contribution >= 0.6 is 0 Å². The van der Waals surface area contributed by atoms with Gasteiger partial charge in [0.2, 0.25) is 5.91 Å². The molecule has 35 heavy (non-hydrogen) atoms. The molecule has 1 N–H and O–H groups in total. The Kier molecular flexibility index (Phi) is 8.52. The highest BCUT2D eigenvalue weighted by Crippen LogP contribution is 2.28. The number of rotatable bonds is 8. The molecule has 1 amide bonds. The summed E-state index contributed by atoms with van der Waals surface area (Å²) in [6.07, 6.45) is 13.3. The fourth-order valence-corrected chi connectivity index (χ4v) is 4.96. The molecular weight excluding hydrogens is 446 g/mol. The third-order valence-electron chi connectivity index (χ3n) is 6.93. The zero-order chi connectivity index (χ0) is 24.6. The van der Waals surface area contributed by atoms with Crippen molar-refractivity contribution in [2.24, 2.45) is 0 Å². The number of nitrogens with zero attached hydrogens (tertiary/aromatic N) is 4. The summed E-state index contributed by atoms with van der Waals surface area (Å²) in [5.74, 6) is 0.376. The van der Waals surface area contributed by atoms with E-state index in [9.17, 15) is 9.59 Å². The maximum absolute atomic E-state index is 13.4. The second kappa shape index (κ2) is 12.0. The van der Waals surface area contributed by atoms with E-state index in [1.165, 1.54) is 32.8 Å². The fraction of sp³-hybridized carbons (Fsp3) is 0.538. The lowest BCUT2D eigenvalue weighted by molar-refractivity contribution is -0.126. The molecule has 1 aliphatic carbocycles. The Labute approximate surface area is 206 Å². The van der Waals surface area contributed by atoms with Gasteiger partial charge in [-0.05, 0) is 37.0 Å². The number of likely N-dealkylation sites (tertiary alicyclic amines) is 1. The first-order valence-electron chi connectivity index (χ1n) is 12.4. The van der Waals surface area contributed by atoms with E-state index in [1.54, 1.807) is 18.0 Å². The van der Waals surface area contributed by atoms with Crippen LogP contribution in [-0.2, 0) is 9.53 Å². The Hall–Kier alpha value is -3.20. The summed E-state index contributed by atoms with van der Waals surface area (Å²) in [6.45, 7) is 1.27. The second-order valence-corrected chi connectivity index (χ2v) is 9.31. The molecule has 1 saturated heterocycles. The van der Waals surface area contributed by atoms with E-state index in [2.05, 4.69) is 32.7 Å². The Balaban J connectivity index is 1.45. The molecule has 2 heterocycles. The number of methoxy groups -OCH3 is 2.